The number of nitrogens with zero attached hydrogens (tertiary/aromatic N) is 1. The Labute approximate surface area is 101 Å². The van der Waals surface area contributed by atoms with Gasteiger partial charge in [-0.2, -0.15) is 0 Å². The second kappa shape index (κ2) is 4.29. The predicted octanol–water partition coefficient (Wildman–Crippen LogP) is 1.35. The minimum atomic E-state index is -0.534. The molecule has 2 saturated heterocycles. The first-order valence-electron chi connectivity index (χ1n) is 6.02. The molecule has 5 nitrogen and oxygen atoms in total. The first kappa shape index (κ1) is 12.4. The van der Waals surface area contributed by atoms with Crippen LogP contribution in [-0.2, 0) is 14.3 Å². The van der Waals surface area contributed by atoms with Crippen LogP contribution in [0.15, 0.2) is 0 Å². The number of amides is 1. The summed E-state index contributed by atoms with van der Waals surface area (Å²) >= 11 is 0. The minimum Gasteiger partial charge on any atom is -0.444 e. The third kappa shape index (κ3) is 2.60. The van der Waals surface area contributed by atoms with Crippen molar-refractivity contribution in [1.82, 2.24) is 4.90 Å². The van der Waals surface area contributed by atoms with E-state index in [0.717, 1.165) is 12.8 Å². The summed E-state index contributed by atoms with van der Waals surface area (Å²) in [6.07, 6.45) is 0.851. The summed E-state index contributed by atoms with van der Waals surface area (Å²) in [5.74, 6) is -0.0134. The van der Waals surface area contributed by atoms with Crippen LogP contribution in [-0.4, -0.2) is 47.7 Å². The largest absolute Gasteiger partial charge is 0.444 e. The molecule has 96 valence electrons. The summed E-state index contributed by atoms with van der Waals surface area (Å²) in [4.78, 5) is 25.2. The molecule has 0 N–H and O–H groups in total. The Bertz CT molecular complexity index is 334. The Hall–Kier alpha value is -1.10. The topological polar surface area (TPSA) is 55.8 Å². The second-order valence-corrected chi connectivity index (χ2v) is 5.58. The maximum absolute atomic E-state index is 12.0. The van der Waals surface area contributed by atoms with Crippen molar-refractivity contribution in [2.24, 2.45) is 0 Å². The van der Waals surface area contributed by atoms with Gasteiger partial charge in [0.25, 0.3) is 0 Å². The summed E-state index contributed by atoms with van der Waals surface area (Å²) in [7, 11) is 0. The van der Waals surface area contributed by atoms with Gasteiger partial charge in [0.1, 0.15) is 11.7 Å². The lowest BCUT2D eigenvalue weighted by atomic mass is 10.0. The van der Waals surface area contributed by atoms with Gasteiger partial charge in [0.15, 0.2) is 5.78 Å². The average molecular weight is 241 g/mol. The van der Waals surface area contributed by atoms with Gasteiger partial charge in [-0.3, -0.25) is 9.69 Å². The van der Waals surface area contributed by atoms with Crippen LogP contribution in [0.25, 0.3) is 0 Å². The standard InChI is InChI=1S/C12H19NO4/c1-12(2,3)17-11(15)13-7-9(14)10-8(13)5-4-6-16-10/h8,10H,4-7H2,1-3H3. The molecule has 2 aliphatic rings. The van der Waals surface area contributed by atoms with Crippen LogP contribution in [0.5, 0.6) is 0 Å². The normalized spacial score (nSPS) is 29.1. The van der Waals surface area contributed by atoms with E-state index in [4.69, 9.17) is 9.47 Å². The molecular weight excluding hydrogens is 222 g/mol. The van der Waals surface area contributed by atoms with Crippen LogP contribution >= 0.6 is 0 Å². The third-order valence-electron chi connectivity index (χ3n) is 2.96. The van der Waals surface area contributed by atoms with E-state index < -0.39 is 17.8 Å². The van der Waals surface area contributed by atoms with Crippen LogP contribution in [0.4, 0.5) is 4.79 Å². The molecule has 1 amide bonds. The van der Waals surface area contributed by atoms with Crippen LogP contribution in [0.3, 0.4) is 0 Å². The molecule has 0 bridgehead atoms. The summed E-state index contributed by atoms with van der Waals surface area (Å²) in [6, 6.07) is -0.133. The molecule has 0 aromatic carbocycles. The van der Waals surface area contributed by atoms with Gasteiger partial charge in [0.05, 0.1) is 12.6 Å². The van der Waals surface area contributed by atoms with Crippen molar-refractivity contribution in [3.63, 3.8) is 0 Å². The van der Waals surface area contributed by atoms with Gasteiger partial charge < -0.3 is 9.47 Å². The minimum absolute atomic E-state index is 0.0134. The van der Waals surface area contributed by atoms with Crippen molar-refractivity contribution < 1.29 is 19.1 Å². The quantitative estimate of drug-likeness (QED) is 0.642. The summed E-state index contributed by atoms with van der Waals surface area (Å²) in [5, 5.41) is 0. The number of Topliss-reactive ketones (excluding diaryl/α,β-unsaturated/α-hetero) is 1. The molecule has 0 saturated carbocycles. The van der Waals surface area contributed by atoms with Gasteiger partial charge in [0.2, 0.25) is 0 Å². The molecule has 2 atom stereocenters. The number of rotatable bonds is 0. The van der Waals surface area contributed by atoms with Crippen molar-refractivity contribution in [2.75, 3.05) is 13.2 Å². The van der Waals surface area contributed by atoms with Crippen LogP contribution < -0.4 is 0 Å². The van der Waals surface area contributed by atoms with Gasteiger partial charge in [-0.05, 0) is 33.6 Å². The van der Waals surface area contributed by atoms with Gasteiger partial charge in [-0.1, -0.05) is 0 Å². The number of hydrogen-bond acceptors (Lipinski definition) is 4. The average Bonchev–Trinajstić information content (AvgIpc) is 2.55. The molecule has 0 radical (unpaired) electrons. The Balaban J connectivity index is 2.06. The Morgan fingerprint density at radius 3 is 2.82 bits per heavy atom. The maximum Gasteiger partial charge on any atom is 0.411 e. The lowest BCUT2D eigenvalue weighted by molar-refractivity contribution is -0.128. The lowest BCUT2D eigenvalue weighted by Crippen LogP contribution is -2.45. The van der Waals surface area contributed by atoms with Crippen LogP contribution in [0, 0.1) is 0 Å². The molecule has 2 unspecified atom stereocenters. The number of fused-ring (bicyclic) bond motifs is 1. The number of ketones is 1. The van der Waals surface area contributed by atoms with E-state index in [1.165, 1.54) is 4.90 Å². The fraction of sp³-hybridized carbons (Fsp3) is 0.833. The summed E-state index contributed by atoms with van der Waals surface area (Å²) in [6.45, 7) is 6.17. The van der Waals surface area contributed by atoms with Crippen molar-refractivity contribution in [3.05, 3.63) is 0 Å². The fourth-order valence-corrected chi connectivity index (χ4v) is 2.29. The highest BCUT2D eigenvalue weighted by atomic mass is 16.6. The molecular formula is C12H19NO4. The molecule has 2 fully saturated rings. The first-order chi connectivity index (χ1) is 7.88. The smallest absolute Gasteiger partial charge is 0.411 e. The van der Waals surface area contributed by atoms with Gasteiger partial charge >= 0.3 is 6.09 Å². The van der Waals surface area contributed by atoms with Crippen LogP contribution in [0.2, 0.25) is 0 Å². The molecule has 2 rings (SSSR count). The fourth-order valence-electron chi connectivity index (χ4n) is 2.29. The number of carbonyl (C=O) groups excluding carboxylic acids is 2. The number of likely N-dealkylation sites (tertiary alicyclic amines) is 1. The van der Waals surface area contributed by atoms with E-state index in [2.05, 4.69) is 0 Å². The number of hydrogen-bond donors (Lipinski definition) is 0. The Morgan fingerprint density at radius 1 is 1.47 bits per heavy atom. The van der Waals surface area contributed by atoms with Gasteiger partial charge in [-0.15, -0.1) is 0 Å². The van der Waals surface area contributed by atoms with Crippen molar-refractivity contribution in [3.8, 4) is 0 Å². The van der Waals surface area contributed by atoms with E-state index in [1.54, 1.807) is 0 Å². The second-order valence-electron chi connectivity index (χ2n) is 5.58. The highest BCUT2D eigenvalue weighted by Gasteiger charge is 2.46. The lowest BCUT2D eigenvalue weighted by Gasteiger charge is -2.31. The zero-order valence-electron chi connectivity index (χ0n) is 10.6. The van der Waals surface area contributed by atoms with E-state index in [1.807, 2.05) is 20.8 Å². The predicted molar refractivity (Wildman–Crippen MR) is 60.7 cm³/mol. The SMILES string of the molecule is CC(C)(C)OC(=O)N1CC(=O)C2OCCCC21. The molecule has 2 heterocycles. The molecule has 2 aliphatic heterocycles. The molecule has 0 aromatic rings. The molecule has 5 heteroatoms. The van der Waals surface area contributed by atoms with E-state index in [-0.39, 0.29) is 18.4 Å². The van der Waals surface area contributed by atoms with Crippen molar-refractivity contribution in [1.29, 1.82) is 0 Å². The van der Waals surface area contributed by atoms with E-state index >= 15 is 0 Å². The first-order valence-corrected chi connectivity index (χ1v) is 6.02. The highest BCUT2D eigenvalue weighted by Crippen LogP contribution is 2.27. The molecule has 0 aromatic heterocycles. The summed E-state index contributed by atoms with van der Waals surface area (Å²) in [5.41, 5.74) is -0.534. The van der Waals surface area contributed by atoms with E-state index in [0.29, 0.717) is 6.61 Å². The third-order valence-corrected chi connectivity index (χ3v) is 2.96. The molecule has 17 heavy (non-hydrogen) atoms. The maximum atomic E-state index is 12.0. The van der Waals surface area contributed by atoms with Crippen molar-refractivity contribution in [2.45, 2.75) is 51.4 Å². The van der Waals surface area contributed by atoms with Crippen LogP contribution in [0.1, 0.15) is 33.6 Å². The highest BCUT2D eigenvalue weighted by molar-refractivity contribution is 5.92. The number of carbonyl (C=O) groups is 2. The number of ether oxygens (including phenoxy) is 2. The zero-order valence-corrected chi connectivity index (χ0v) is 10.6. The Morgan fingerprint density at radius 2 is 2.18 bits per heavy atom. The van der Waals surface area contributed by atoms with E-state index in [9.17, 15) is 9.59 Å². The summed E-state index contributed by atoms with van der Waals surface area (Å²) < 4.78 is 10.7. The van der Waals surface area contributed by atoms with Gasteiger partial charge in [0, 0.05) is 6.61 Å². The Kier molecular flexibility index (Phi) is 3.12. The monoisotopic (exact) mass is 241 g/mol. The molecule has 0 spiro atoms. The van der Waals surface area contributed by atoms with Crippen molar-refractivity contribution >= 4 is 11.9 Å². The zero-order chi connectivity index (χ0) is 12.6. The molecule has 0 aliphatic carbocycles. The van der Waals surface area contributed by atoms with Gasteiger partial charge in [-0.25, -0.2) is 4.79 Å².